The summed E-state index contributed by atoms with van der Waals surface area (Å²) in [5.41, 5.74) is 2.04. The molecule has 2 aliphatic rings. The van der Waals surface area contributed by atoms with Gasteiger partial charge in [-0.25, -0.2) is 9.98 Å². The summed E-state index contributed by atoms with van der Waals surface area (Å²) in [6.45, 7) is 0.192. The number of hydrogen-bond acceptors (Lipinski definition) is 10. The van der Waals surface area contributed by atoms with Crippen LogP contribution in [-0.4, -0.2) is 94.3 Å². The van der Waals surface area contributed by atoms with Crippen LogP contribution in [0.1, 0.15) is 22.9 Å². The number of aliphatic imine (C=N–C) groups is 1. The average Bonchev–Trinajstić information content (AvgIpc) is 3.77. The molecule has 0 saturated carbocycles. The summed E-state index contributed by atoms with van der Waals surface area (Å²) in [7, 11) is 6.93. The molecule has 0 aliphatic carbocycles. The van der Waals surface area contributed by atoms with E-state index in [1.807, 2.05) is 56.6 Å². The maximum absolute atomic E-state index is 12.9. The lowest BCUT2D eigenvalue weighted by molar-refractivity contribution is -0.162. The molecule has 2 fully saturated rings. The Morgan fingerprint density at radius 3 is 2.27 bits per heavy atom. The number of aromatic amines is 1. The minimum atomic E-state index is -1.07. The third-order valence-corrected chi connectivity index (χ3v) is 10.6. The third-order valence-electron chi connectivity index (χ3n) is 8.82. The molecule has 5 aromatic rings. The number of benzene rings is 3. The summed E-state index contributed by atoms with van der Waals surface area (Å²) in [4.78, 5) is 30.4. The zero-order valence-electron chi connectivity index (χ0n) is 26.9. The minimum absolute atomic E-state index is 0.129. The Balaban J connectivity index is 1.28. The second-order valence-electron chi connectivity index (χ2n) is 12.0. The van der Waals surface area contributed by atoms with Crippen molar-refractivity contribution in [3.63, 3.8) is 0 Å². The van der Waals surface area contributed by atoms with Gasteiger partial charge in [0.2, 0.25) is 5.95 Å². The van der Waals surface area contributed by atoms with Crippen LogP contribution in [0.5, 0.6) is 11.5 Å². The number of thioether (sulfide) groups is 1. The predicted molar refractivity (Wildman–Crippen MR) is 183 cm³/mol. The van der Waals surface area contributed by atoms with Gasteiger partial charge in [-0.3, -0.25) is 14.3 Å². The van der Waals surface area contributed by atoms with Crippen LogP contribution in [0.15, 0.2) is 95.0 Å². The maximum Gasteiger partial charge on any atom is 0.280 e. The zero-order chi connectivity index (χ0) is 33.5. The predicted octanol–water partition coefficient (Wildman–Crippen LogP) is 4.11. The summed E-state index contributed by atoms with van der Waals surface area (Å²) >= 11 is 1.66. The number of aliphatic hydroxyl groups is 1. The topological polar surface area (TPSA) is 136 Å². The van der Waals surface area contributed by atoms with Crippen LogP contribution >= 0.6 is 11.8 Å². The highest BCUT2D eigenvalue weighted by molar-refractivity contribution is 8.00. The number of rotatable bonds is 11. The molecular weight excluding hydrogens is 632 g/mol. The van der Waals surface area contributed by atoms with Crippen molar-refractivity contribution in [3.8, 4) is 11.5 Å². The van der Waals surface area contributed by atoms with E-state index in [0.29, 0.717) is 5.75 Å². The molecule has 12 nitrogen and oxygen atoms in total. The summed E-state index contributed by atoms with van der Waals surface area (Å²) in [5.74, 6) is 2.00. The van der Waals surface area contributed by atoms with Gasteiger partial charge in [-0.1, -0.05) is 54.6 Å². The van der Waals surface area contributed by atoms with Gasteiger partial charge in [0, 0.05) is 19.8 Å². The first kappa shape index (κ1) is 31.9. The summed E-state index contributed by atoms with van der Waals surface area (Å²) in [6.07, 6.45) is 0.611. The number of aromatic nitrogens is 4. The number of aliphatic hydroxyl groups excluding tert-OH is 1. The second-order valence-corrected chi connectivity index (χ2v) is 13.2. The SMILES string of the molecule is COc1ccc(C(SC[C@]23CO[C@@H](C2O)[C@H](n2cnc4c(=O)[nH]c(/N=C/N(C)C)nc42)O3)(c2ccccc2)c2ccc(OC)cc2)cc1. The van der Waals surface area contributed by atoms with E-state index in [2.05, 4.69) is 56.3 Å². The maximum atomic E-state index is 12.9. The van der Waals surface area contributed by atoms with E-state index >= 15 is 0 Å². The monoisotopic (exact) mass is 668 g/mol. The first-order valence-electron chi connectivity index (χ1n) is 15.4. The van der Waals surface area contributed by atoms with Gasteiger partial charge in [-0.15, -0.1) is 11.8 Å². The number of nitrogens with zero attached hydrogens (tertiary/aromatic N) is 5. The molecule has 3 aromatic carbocycles. The van der Waals surface area contributed by atoms with Gasteiger partial charge in [0.25, 0.3) is 5.56 Å². The average molecular weight is 669 g/mol. The molecule has 2 saturated heterocycles. The highest BCUT2D eigenvalue weighted by atomic mass is 32.2. The molecule has 0 amide bonds. The molecule has 0 spiro atoms. The van der Waals surface area contributed by atoms with E-state index in [4.69, 9.17) is 18.9 Å². The summed E-state index contributed by atoms with van der Waals surface area (Å²) in [6, 6.07) is 26.4. The molecule has 7 rings (SSSR count). The number of imidazole rings is 1. The van der Waals surface area contributed by atoms with E-state index in [9.17, 15) is 9.90 Å². The van der Waals surface area contributed by atoms with Gasteiger partial charge in [0.05, 0.1) is 38.2 Å². The fourth-order valence-corrected chi connectivity index (χ4v) is 8.07. The molecule has 0 radical (unpaired) electrons. The Bertz CT molecular complexity index is 1930. The zero-order valence-corrected chi connectivity index (χ0v) is 27.8. The molecule has 248 valence electrons. The Labute approximate surface area is 281 Å². The minimum Gasteiger partial charge on any atom is -0.497 e. The van der Waals surface area contributed by atoms with Crippen LogP contribution in [-0.2, 0) is 14.2 Å². The van der Waals surface area contributed by atoms with Gasteiger partial charge < -0.3 is 29.0 Å². The Kier molecular flexibility index (Phi) is 8.46. The molecule has 2 N–H and O–H groups in total. The third kappa shape index (κ3) is 5.42. The molecule has 2 bridgehead atoms. The lowest BCUT2D eigenvalue weighted by Gasteiger charge is -2.39. The fourth-order valence-electron chi connectivity index (χ4n) is 6.38. The normalized spacial score (nSPS) is 22.1. The van der Waals surface area contributed by atoms with Crippen molar-refractivity contribution in [2.24, 2.45) is 4.99 Å². The Hall–Kier alpha value is -4.69. The summed E-state index contributed by atoms with van der Waals surface area (Å²) in [5, 5.41) is 11.8. The molecule has 2 aromatic heterocycles. The van der Waals surface area contributed by atoms with Crippen LogP contribution in [0.2, 0.25) is 0 Å². The molecule has 48 heavy (non-hydrogen) atoms. The standard InChI is InChI=1S/C35H36N6O6S/c1-40(2)20-37-33-38-30-27(31(43)39-33)36-21-41(30)32-28-29(42)34(47-32,18-46-28)19-48-35(22-8-6-5-7-9-22,23-10-14-25(44-3)15-11-23)24-12-16-26(45-4)17-13-24/h5-17,20-21,28-29,32,42H,18-19H2,1-4H3,(H,38,39,43)/b37-20+/t28-,29?,32+,34+/m0/s1. The van der Waals surface area contributed by atoms with E-state index in [1.54, 1.807) is 41.8 Å². The molecule has 13 heteroatoms. The van der Waals surface area contributed by atoms with Gasteiger partial charge in [0.15, 0.2) is 17.4 Å². The Morgan fingerprint density at radius 2 is 1.67 bits per heavy atom. The van der Waals surface area contributed by atoms with E-state index in [0.717, 1.165) is 28.2 Å². The lowest BCUT2D eigenvalue weighted by Crippen LogP contribution is -2.44. The van der Waals surface area contributed by atoms with E-state index in [1.165, 1.54) is 6.33 Å². The molecule has 4 heterocycles. The van der Waals surface area contributed by atoms with Gasteiger partial charge in [-0.2, -0.15) is 4.98 Å². The highest BCUT2D eigenvalue weighted by Crippen LogP contribution is 2.54. The van der Waals surface area contributed by atoms with Crippen molar-refractivity contribution in [3.05, 3.63) is 112 Å². The molecular formula is C35H36N6O6S. The lowest BCUT2D eigenvalue weighted by atomic mass is 9.84. The van der Waals surface area contributed by atoms with Crippen molar-refractivity contribution in [1.82, 2.24) is 24.4 Å². The number of fused-ring (bicyclic) bond motifs is 3. The molecule has 4 atom stereocenters. The number of methoxy groups -OCH3 is 2. The van der Waals surface area contributed by atoms with Crippen molar-refractivity contribution < 1.29 is 24.1 Å². The Morgan fingerprint density at radius 1 is 1.04 bits per heavy atom. The fraction of sp³-hybridized carbons (Fsp3) is 0.314. The highest BCUT2D eigenvalue weighted by Gasteiger charge is 2.62. The molecule has 1 unspecified atom stereocenters. The largest absolute Gasteiger partial charge is 0.497 e. The van der Waals surface area contributed by atoms with Gasteiger partial charge in [0.1, 0.15) is 29.3 Å². The quantitative estimate of drug-likeness (QED) is 0.120. The van der Waals surface area contributed by atoms with Gasteiger partial charge in [-0.05, 0) is 41.0 Å². The molecule has 2 aliphatic heterocycles. The van der Waals surface area contributed by atoms with Crippen LogP contribution in [0.3, 0.4) is 0 Å². The van der Waals surface area contributed by atoms with Crippen molar-refractivity contribution in [2.75, 3.05) is 40.7 Å². The number of ether oxygens (including phenoxy) is 4. The van der Waals surface area contributed by atoms with Crippen molar-refractivity contribution in [1.29, 1.82) is 0 Å². The second kappa shape index (κ2) is 12.7. The first-order valence-corrected chi connectivity index (χ1v) is 16.4. The van der Waals surface area contributed by atoms with Gasteiger partial charge >= 0.3 is 0 Å². The first-order chi connectivity index (χ1) is 23.3. The van der Waals surface area contributed by atoms with Crippen molar-refractivity contribution >= 4 is 35.2 Å². The van der Waals surface area contributed by atoms with Crippen LogP contribution in [0.25, 0.3) is 11.2 Å². The van der Waals surface area contributed by atoms with E-state index in [-0.39, 0.29) is 23.7 Å². The smallest absolute Gasteiger partial charge is 0.280 e. The number of H-pyrrole nitrogens is 1. The van der Waals surface area contributed by atoms with Crippen LogP contribution in [0.4, 0.5) is 5.95 Å². The van der Waals surface area contributed by atoms with E-state index < -0.39 is 34.3 Å². The van der Waals surface area contributed by atoms with Crippen molar-refractivity contribution in [2.45, 2.75) is 28.8 Å². The number of hydrogen-bond donors (Lipinski definition) is 2. The summed E-state index contributed by atoms with van der Waals surface area (Å²) < 4.78 is 24.9. The number of nitrogens with one attached hydrogen (secondary N) is 1. The van der Waals surface area contributed by atoms with Crippen LogP contribution in [0, 0.1) is 0 Å². The van der Waals surface area contributed by atoms with Crippen LogP contribution < -0.4 is 15.0 Å².